The lowest BCUT2D eigenvalue weighted by molar-refractivity contribution is -0.142. The van der Waals surface area contributed by atoms with Crippen LogP contribution in [-0.2, 0) is 16.0 Å². The Morgan fingerprint density at radius 1 is 1.10 bits per heavy atom. The molecule has 0 spiro atoms. The maximum Gasteiger partial charge on any atom is 0.310 e. The van der Waals surface area contributed by atoms with Gasteiger partial charge in [-0.1, -0.05) is 30.0 Å². The second-order valence-corrected chi connectivity index (χ2v) is 8.51. The third-order valence-corrected chi connectivity index (χ3v) is 6.01. The van der Waals surface area contributed by atoms with Gasteiger partial charge >= 0.3 is 5.97 Å². The minimum atomic E-state index is -0.324. The summed E-state index contributed by atoms with van der Waals surface area (Å²) in [5.41, 5.74) is 9.33. The number of anilines is 1. The first kappa shape index (κ1) is 20.8. The SMILES string of the molecule is CCOC(=O)Cc1cc(C(=O)c2ccc(C#Cc3ccccc3)c(N)c2)sc1Br. The van der Waals surface area contributed by atoms with E-state index in [4.69, 9.17) is 10.5 Å². The van der Waals surface area contributed by atoms with Crippen LogP contribution >= 0.6 is 27.3 Å². The van der Waals surface area contributed by atoms with Crippen LogP contribution < -0.4 is 5.73 Å². The summed E-state index contributed by atoms with van der Waals surface area (Å²) in [7, 11) is 0. The molecule has 0 saturated heterocycles. The Balaban J connectivity index is 1.79. The Morgan fingerprint density at radius 3 is 2.55 bits per heavy atom. The molecule has 0 saturated carbocycles. The van der Waals surface area contributed by atoms with E-state index >= 15 is 0 Å². The van der Waals surface area contributed by atoms with Gasteiger partial charge in [-0.2, -0.15) is 0 Å². The van der Waals surface area contributed by atoms with Crippen molar-refractivity contribution in [3.63, 3.8) is 0 Å². The number of esters is 1. The van der Waals surface area contributed by atoms with Crippen molar-refractivity contribution in [2.75, 3.05) is 12.3 Å². The number of thiophene rings is 1. The van der Waals surface area contributed by atoms with Gasteiger partial charge in [0.25, 0.3) is 0 Å². The number of hydrogen-bond acceptors (Lipinski definition) is 5. The lowest BCUT2D eigenvalue weighted by Crippen LogP contribution is -2.07. The highest BCUT2D eigenvalue weighted by Gasteiger charge is 2.18. The molecule has 2 aromatic carbocycles. The number of ether oxygens (including phenoxy) is 1. The standard InChI is InChI=1S/C23H18BrNO3S/c1-2-28-21(26)14-18-13-20(29-23(18)24)22(27)17-11-10-16(19(25)12-17)9-8-15-6-4-3-5-7-15/h3-7,10-13H,2,14,25H2,1H3. The fraction of sp³-hybridized carbons (Fsp3) is 0.130. The summed E-state index contributed by atoms with van der Waals surface area (Å²) in [6.45, 7) is 2.08. The smallest absolute Gasteiger partial charge is 0.310 e. The van der Waals surface area contributed by atoms with E-state index in [-0.39, 0.29) is 18.2 Å². The summed E-state index contributed by atoms with van der Waals surface area (Å²) < 4.78 is 5.71. The predicted octanol–water partition coefficient (Wildman–Crippen LogP) is 4.83. The van der Waals surface area contributed by atoms with Crippen molar-refractivity contribution in [2.24, 2.45) is 0 Å². The number of nitrogen functional groups attached to an aromatic ring is 1. The van der Waals surface area contributed by atoms with Gasteiger partial charge in [0.2, 0.25) is 5.78 Å². The Hall–Kier alpha value is -2.88. The molecular weight excluding hydrogens is 450 g/mol. The number of benzene rings is 2. The van der Waals surface area contributed by atoms with Crippen molar-refractivity contribution in [3.05, 3.63) is 85.5 Å². The van der Waals surface area contributed by atoms with Gasteiger partial charge in [-0.15, -0.1) is 11.3 Å². The molecule has 0 aliphatic rings. The lowest BCUT2D eigenvalue weighted by Gasteiger charge is -2.03. The molecule has 4 nitrogen and oxygen atoms in total. The van der Waals surface area contributed by atoms with Crippen LogP contribution in [0.1, 0.15) is 38.8 Å². The summed E-state index contributed by atoms with van der Waals surface area (Å²) in [6, 6.07) is 16.4. The molecular formula is C23H18BrNO3S. The van der Waals surface area contributed by atoms with Crippen LogP contribution in [0.4, 0.5) is 5.69 Å². The minimum absolute atomic E-state index is 0.119. The topological polar surface area (TPSA) is 69.4 Å². The molecule has 2 N–H and O–H groups in total. The number of halogens is 1. The number of carbonyl (C=O) groups excluding carboxylic acids is 2. The predicted molar refractivity (Wildman–Crippen MR) is 119 cm³/mol. The van der Waals surface area contributed by atoms with Crippen molar-refractivity contribution in [1.29, 1.82) is 0 Å². The maximum absolute atomic E-state index is 12.8. The highest BCUT2D eigenvalue weighted by atomic mass is 79.9. The molecule has 0 amide bonds. The minimum Gasteiger partial charge on any atom is -0.466 e. The molecule has 1 heterocycles. The summed E-state index contributed by atoms with van der Waals surface area (Å²) in [4.78, 5) is 25.1. The Kier molecular flexibility index (Phi) is 6.86. The summed E-state index contributed by atoms with van der Waals surface area (Å²) in [6.07, 6.45) is 0.119. The van der Waals surface area contributed by atoms with E-state index in [9.17, 15) is 9.59 Å². The van der Waals surface area contributed by atoms with Crippen molar-refractivity contribution < 1.29 is 14.3 Å². The second kappa shape index (κ2) is 9.55. The van der Waals surface area contributed by atoms with E-state index in [1.807, 2.05) is 30.3 Å². The molecule has 0 radical (unpaired) electrons. The zero-order valence-corrected chi connectivity index (χ0v) is 18.1. The molecule has 0 atom stereocenters. The molecule has 0 unspecified atom stereocenters. The molecule has 0 fully saturated rings. The molecule has 3 aromatic rings. The quantitative estimate of drug-likeness (QED) is 0.252. The van der Waals surface area contributed by atoms with Crippen molar-refractivity contribution in [3.8, 4) is 11.8 Å². The number of carbonyl (C=O) groups is 2. The molecule has 0 aliphatic carbocycles. The zero-order chi connectivity index (χ0) is 20.8. The first-order valence-electron chi connectivity index (χ1n) is 8.93. The van der Waals surface area contributed by atoms with Crippen LogP contribution in [-0.4, -0.2) is 18.4 Å². The molecule has 146 valence electrons. The zero-order valence-electron chi connectivity index (χ0n) is 15.7. The van der Waals surface area contributed by atoms with E-state index in [0.29, 0.717) is 28.3 Å². The Bertz CT molecular complexity index is 1110. The Morgan fingerprint density at radius 2 is 1.86 bits per heavy atom. The molecule has 29 heavy (non-hydrogen) atoms. The summed E-state index contributed by atoms with van der Waals surface area (Å²) in [5.74, 6) is 5.62. The van der Waals surface area contributed by atoms with Gasteiger partial charge in [0.1, 0.15) is 0 Å². The molecule has 6 heteroatoms. The maximum atomic E-state index is 12.8. The fourth-order valence-electron chi connectivity index (χ4n) is 2.63. The van der Waals surface area contributed by atoms with Crippen LogP contribution in [0.2, 0.25) is 0 Å². The first-order valence-corrected chi connectivity index (χ1v) is 10.5. The van der Waals surface area contributed by atoms with E-state index in [1.165, 1.54) is 11.3 Å². The third-order valence-electron chi connectivity index (χ3n) is 4.05. The van der Waals surface area contributed by atoms with Crippen LogP contribution in [0.5, 0.6) is 0 Å². The average Bonchev–Trinajstić information content (AvgIpc) is 3.07. The largest absolute Gasteiger partial charge is 0.466 e. The molecule has 1 aromatic heterocycles. The monoisotopic (exact) mass is 467 g/mol. The Labute approximate surface area is 181 Å². The van der Waals surface area contributed by atoms with E-state index in [0.717, 1.165) is 14.9 Å². The number of rotatable bonds is 5. The van der Waals surface area contributed by atoms with Crippen LogP contribution in [0.3, 0.4) is 0 Å². The highest BCUT2D eigenvalue weighted by molar-refractivity contribution is 9.11. The van der Waals surface area contributed by atoms with Gasteiger partial charge in [-0.05, 0) is 64.8 Å². The van der Waals surface area contributed by atoms with Crippen molar-refractivity contribution in [1.82, 2.24) is 0 Å². The van der Waals surface area contributed by atoms with Crippen LogP contribution in [0, 0.1) is 11.8 Å². The second-order valence-electron chi connectivity index (χ2n) is 6.14. The normalized spacial score (nSPS) is 10.1. The van der Waals surface area contributed by atoms with Gasteiger partial charge in [-0.3, -0.25) is 9.59 Å². The number of ketones is 1. The summed E-state index contributed by atoms with van der Waals surface area (Å²) >= 11 is 4.71. The van der Waals surface area contributed by atoms with E-state index < -0.39 is 0 Å². The van der Waals surface area contributed by atoms with Gasteiger partial charge in [0.05, 0.1) is 21.7 Å². The van der Waals surface area contributed by atoms with E-state index in [1.54, 1.807) is 31.2 Å². The number of hydrogen-bond donors (Lipinski definition) is 1. The van der Waals surface area contributed by atoms with E-state index in [2.05, 4.69) is 27.8 Å². The third kappa shape index (κ3) is 5.35. The fourth-order valence-corrected chi connectivity index (χ4v) is 4.27. The van der Waals surface area contributed by atoms with Crippen molar-refractivity contribution in [2.45, 2.75) is 13.3 Å². The lowest BCUT2D eigenvalue weighted by atomic mass is 10.0. The van der Waals surface area contributed by atoms with Crippen LogP contribution in [0.25, 0.3) is 0 Å². The number of nitrogens with two attached hydrogens (primary N) is 1. The summed E-state index contributed by atoms with van der Waals surface area (Å²) in [5, 5.41) is 0. The van der Waals surface area contributed by atoms with Crippen molar-refractivity contribution >= 4 is 44.7 Å². The highest BCUT2D eigenvalue weighted by Crippen LogP contribution is 2.31. The average molecular weight is 468 g/mol. The molecule has 0 aliphatic heterocycles. The van der Waals surface area contributed by atoms with Gasteiger partial charge in [0, 0.05) is 22.4 Å². The molecule has 3 rings (SSSR count). The van der Waals surface area contributed by atoms with Gasteiger partial charge < -0.3 is 10.5 Å². The van der Waals surface area contributed by atoms with Gasteiger partial charge in [0.15, 0.2) is 0 Å². The van der Waals surface area contributed by atoms with Gasteiger partial charge in [-0.25, -0.2) is 0 Å². The first-order chi connectivity index (χ1) is 14.0. The van der Waals surface area contributed by atoms with Crippen LogP contribution in [0.15, 0.2) is 58.4 Å². The molecule has 0 bridgehead atoms.